The van der Waals surface area contributed by atoms with E-state index < -0.39 is 17.8 Å². The van der Waals surface area contributed by atoms with Crippen molar-refractivity contribution in [2.75, 3.05) is 7.11 Å². The molecule has 0 unspecified atom stereocenters. The first-order chi connectivity index (χ1) is 19.4. The quantitative estimate of drug-likeness (QED) is 0.0901. The van der Waals surface area contributed by atoms with Gasteiger partial charge >= 0.3 is 11.9 Å². The summed E-state index contributed by atoms with van der Waals surface area (Å²) >= 11 is 5.88. The van der Waals surface area contributed by atoms with Crippen molar-refractivity contribution in [3.63, 3.8) is 0 Å². The van der Waals surface area contributed by atoms with E-state index in [0.717, 1.165) is 0 Å². The van der Waals surface area contributed by atoms with Crippen LogP contribution in [0.4, 0.5) is 0 Å². The summed E-state index contributed by atoms with van der Waals surface area (Å²) in [6.07, 6.45) is 4.08. The Kier molecular flexibility index (Phi) is 9.42. The molecule has 1 N–H and O–H groups in total. The number of nitrogens with one attached hydrogen (secondary N) is 1. The maximum atomic E-state index is 12.6. The molecule has 0 radical (unpaired) electrons. The van der Waals surface area contributed by atoms with Crippen LogP contribution in [-0.4, -0.2) is 31.2 Å². The summed E-state index contributed by atoms with van der Waals surface area (Å²) in [7, 11) is 1.54. The van der Waals surface area contributed by atoms with Crippen LogP contribution in [0.2, 0.25) is 5.02 Å². The van der Waals surface area contributed by atoms with Crippen LogP contribution in [-0.2, 0) is 4.79 Å². The highest BCUT2D eigenvalue weighted by Crippen LogP contribution is 2.22. The van der Waals surface area contributed by atoms with Crippen LogP contribution in [0.1, 0.15) is 31.8 Å². The first-order valence-electron chi connectivity index (χ1n) is 12.0. The molecule has 0 bridgehead atoms. The van der Waals surface area contributed by atoms with Crippen LogP contribution >= 0.6 is 11.6 Å². The average Bonchev–Trinajstić information content (AvgIpc) is 2.98. The van der Waals surface area contributed by atoms with Crippen molar-refractivity contribution in [1.29, 1.82) is 0 Å². The zero-order valence-electron chi connectivity index (χ0n) is 21.2. The lowest BCUT2D eigenvalue weighted by Gasteiger charge is -2.08. The number of carbonyl (C=O) groups excluding carboxylic acids is 3. The van der Waals surface area contributed by atoms with E-state index in [2.05, 4.69) is 10.5 Å². The fourth-order valence-electron chi connectivity index (χ4n) is 3.40. The molecule has 4 rings (SSSR count). The zero-order chi connectivity index (χ0) is 28.3. The van der Waals surface area contributed by atoms with Gasteiger partial charge in [0.05, 0.1) is 18.9 Å². The van der Waals surface area contributed by atoms with Crippen LogP contribution in [0, 0.1) is 0 Å². The lowest BCUT2D eigenvalue weighted by Crippen LogP contribution is -2.17. The molecule has 4 aromatic rings. The summed E-state index contributed by atoms with van der Waals surface area (Å²) in [4.78, 5) is 37.4. The van der Waals surface area contributed by atoms with Crippen molar-refractivity contribution >= 4 is 41.7 Å². The summed E-state index contributed by atoms with van der Waals surface area (Å²) in [5.74, 6) is -0.498. The van der Waals surface area contributed by atoms with Gasteiger partial charge in [-0.15, -0.1) is 0 Å². The summed E-state index contributed by atoms with van der Waals surface area (Å²) in [6, 6.07) is 26.4. The lowest BCUT2D eigenvalue weighted by atomic mass is 10.2. The van der Waals surface area contributed by atoms with Crippen molar-refractivity contribution < 1.29 is 28.6 Å². The molecule has 9 heteroatoms. The van der Waals surface area contributed by atoms with Crippen molar-refractivity contribution in [2.45, 2.75) is 0 Å². The highest BCUT2D eigenvalue weighted by atomic mass is 35.5. The number of rotatable bonds is 9. The van der Waals surface area contributed by atoms with Crippen LogP contribution in [0.15, 0.2) is 108 Å². The van der Waals surface area contributed by atoms with Crippen molar-refractivity contribution in [3.05, 3.63) is 130 Å². The number of methoxy groups -OCH3 is 1. The van der Waals surface area contributed by atoms with Crippen LogP contribution in [0.5, 0.6) is 17.2 Å². The Hall–Kier alpha value is -5.21. The van der Waals surface area contributed by atoms with Gasteiger partial charge in [-0.3, -0.25) is 4.79 Å². The van der Waals surface area contributed by atoms with Gasteiger partial charge in [0.1, 0.15) is 17.2 Å². The Morgan fingerprint density at radius 1 is 0.750 bits per heavy atom. The average molecular weight is 555 g/mol. The van der Waals surface area contributed by atoms with E-state index in [9.17, 15) is 14.4 Å². The minimum Gasteiger partial charge on any atom is -0.497 e. The number of halogens is 1. The van der Waals surface area contributed by atoms with Gasteiger partial charge in [0.2, 0.25) is 0 Å². The third-order valence-electron chi connectivity index (χ3n) is 5.45. The molecule has 40 heavy (non-hydrogen) atoms. The Morgan fingerprint density at radius 3 is 2.02 bits per heavy atom. The maximum Gasteiger partial charge on any atom is 0.343 e. The number of carbonyl (C=O) groups is 3. The number of ether oxygens (including phenoxy) is 3. The van der Waals surface area contributed by atoms with E-state index in [-0.39, 0.29) is 11.5 Å². The maximum absolute atomic E-state index is 12.6. The number of para-hydroxylation sites is 2. The molecule has 1 amide bonds. The summed E-state index contributed by atoms with van der Waals surface area (Å²) in [6.45, 7) is 0. The van der Waals surface area contributed by atoms with Gasteiger partial charge in [-0.1, -0.05) is 41.9 Å². The van der Waals surface area contributed by atoms with Gasteiger partial charge in [-0.25, -0.2) is 15.0 Å². The second-order valence-corrected chi connectivity index (χ2v) is 8.59. The monoisotopic (exact) mass is 554 g/mol. The Bertz CT molecular complexity index is 1560. The predicted octanol–water partition coefficient (Wildman–Crippen LogP) is 5.95. The van der Waals surface area contributed by atoms with Crippen LogP contribution in [0.25, 0.3) is 6.08 Å². The molecule has 0 aliphatic carbocycles. The van der Waals surface area contributed by atoms with E-state index in [1.165, 1.54) is 18.4 Å². The molecule has 0 aliphatic rings. The number of hydrazone groups is 1. The second kappa shape index (κ2) is 13.5. The fraction of sp³-hybridized carbons (Fsp3) is 0.0323. The molecule has 4 aromatic carbocycles. The van der Waals surface area contributed by atoms with Gasteiger partial charge in [0.15, 0.2) is 0 Å². The third-order valence-corrected chi connectivity index (χ3v) is 5.70. The Morgan fingerprint density at radius 2 is 1.35 bits per heavy atom. The zero-order valence-corrected chi connectivity index (χ0v) is 22.0. The molecule has 0 atom stereocenters. The van der Waals surface area contributed by atoms with E-state index in [0.29, 0.717) is 33.0 Å². The van der Waals surface area contributed by atoms with Gasteiger partial charge in [0.25, 0.3) is 5.91 Å². The number of amides is 1. The molecule has 0 saturated carbocycles. The molecule has 0 aliphatic heterocycles. The highest BCUT2D eigenvalue weighted by molar-refractivity contribution is 6.30. The number of esters is 2. The van der Waals surface area contributed by atoms with Crippen molar-refractivity contribution in [3.8, 4) is 17.2 Å². The van der Waals surface area contributed by atoms with Gasteiger partial charge < -0.3 is 14.2 Å². The Balaban J connectivity index is 1.39. The number of nitrogens with zero attached hydrogens (tertiary/aromatic N) is 1. The predicted molar refractivity (Wildman–Crippen MR) is 152 cm³/mol. The van der Waals surface area contributed by atoms with Gasteiger partial charge in [-0.2, -0.15) is 5.10 Å². The molecule has 0 aromatic heterocycles. The lowest BCUT2D eigenvalue weighted by molar-refractivity contribution is -0.128. The SMILES string of the molecule is COc1ccc(C(=O)N/N=C/c2ccccc2OC(=O)/C=C/c2ccccc2OC(=O)c2ccc(Cl)cc2)cc1. The molecule has 8 nitrogen and oxygen atoms in total. The van der Waals surface area contributed by atoms with Crippen LogP contribution < -0.4 is 19.6 Å². The molecule has 200 valence electrons. The van der Waals surface area contributed by atoms with Crippen molar-refractivity contribution in [2.24, 2.45) is 5.10 Å². The summed E-state index contributed by atoms with van der Waals surface area (Å²) in [5.41, 5.74) is 4.14. The van der Waals surface area contributed by atoms with Crippen molar-refractivity contribution in [1.82, 2.24) is 5.43 Å². The summed E-state index contributed by atoms with van der Waals surface area (Å²) < 4.78 is 16.1. The number of hydrogen-bond donors (Lipinski definition) is 1. The highest BCUT2D eigenvalue weighted by Gasteiger charge is 2.12. The number of benzene rings is 4. The molecule has 0 saturated heterocycles. The minimum atomic E-state index is -0.665. The first kappa shape index (κ1) is 27.8. The molecule has 0 heterocycles. The standard InChI is InChI=1S/C31H23ClN2O6/c1-38-26-17-12-22(13-18-26)30(36)34-33-20-24-7-3-5-9-28(24)39-29(35)19-14-21-6-2-4-8-27(21)40-31(37)23-10-15-25(32)16-11-23/h2-20H,1H3,(H,34,36)/b19-14+,33-20+. The van der Waals surface area contributed by atoms with E-state index in [1.54, 1.807) is 104 Å². The number of hydrogen-bond acceptors (Lipinski definition) is 7. The van der Waals surface area contributed by atoms with E-state index in [1.807, 2.05) is 0 Å². The van der Waals surface area contributed by atoms with Gasteiger partial charge in [-0.05, 0) is 72.8 Å². The fourth-order valence-corrected chi connectivity index (χ4v) is 3.53. The van der Waals surface area contributed by atoms with Gasteiger partial charge in [0, 0.05) is 27.8 Å². The second-order valence-electron chi connectivity index (χ2n) is 8.15. The molecular formula is C31H23ClN2O6. The topological polar surface area (TPSA) is 103 Å². The molecule has 0 spiro atoms. The van der Waals surface area contributed by atoms with E-state index >= 15 is 0 Å². The summed E-state index contributed by atoms with van der Waals surface area (Å²) in [5, 5.41) is 4.47. The minimum absolute atomic E-state index is 0.238. The largest absolute Gasteiger partial charge is 0.497 e. The van der Waals surface area contributed by atoms with Crippen LogP contribution in [0.3, 0.4) is 0 Å². The first-order valence-corrected chi connectivity index (χ1v) is 12.3. The van der Waals surface area contributed by atoms with E-state index in [4.69, 9.17) is 25.8 Å². The molecular weight excluding hydrogens is 532 g/mol. The Labute approximate surface area is 235 Å². The molecule has 0 fully saturated rings. The third kappa shape index (κ3) is 7.66. The normalized spacial score (nSPS) is 10.8. The smallest absolute Gasteiger partial charge is 0.343 e.